The van der Waals surface area contributed by atoms with Crippen molar-refractivity contribution in [1.82, 2.24) is 39.7 Å². The molecule has 4 amide bonds. The maximum atomic E-state index is 13.7. The highest BCUT2D eigenvalue weighted by molar-refractivity contribution is 7.93. The third-order valence-corrected chi connectivity index (χ3v) is 14.5. The first kappa shape index (κ1) is 48.5. The van der Waals surface area contributed by atoms with E-state index in [4.69, 9.17) is 20.7 Å². The molecule has 376 valence electrons. The molecule has 0 spiro atoms. The number of likely N-dealkylation sites (tertiary alicyclic amines) is 1. The van der Waals surface area contributed by atoms with Gasteiger partial charge in [-0.3, -0.25) is 48.4 Å². The number of sulfonamides is 1. The number of carbonyl (C=O) groups is 4. The first-order valence-corrected chi connectivity index (χ1v) is 25.0. The van der Waals surface area contributed by atoms with Crippen LogP contribution in [0.15, 0.2) is 104 Å². The summed E-state index contributed by atoms with van der Waals surface area (Å²) < 4.78 is 76.9. The second-order valence-electron chi connectivity index (χ2n) is 18.2. The zero-order valence-electron chi connectivity index (χ0n) is 39.4. The third kappa shape index (κ3) is 9.57. The Morgan fingerprint density at radius 3 is 2.34 bits per heavy atom. The quantitative estimate of drug-likeness (QED) is 0.0748. The number of aromatic nitrogens is 5. The fourth-order valence-corrected chi connectivity index (χ4v) is 10.3. The normalized spacial score (nSPS) is 17.1. The van der Waals surface area contributed by atoms with Crippen molar-refractivity contribution in [3.05, 3.63) is 137 Å². The molecule has 3 aliphatic rings. The minimum Gasteiger partial charge on any atom is -0.484 e. The van der Waals surface area contributed by atoms with Gasteiger partial charge < -0.3 is 15.8 Å². The summed E-state index contributed by atoms with van der Waals surface area (Å²) in [4.78, 5) is 58.9. The number of nitrogen functional groups attached to an aromatic ring is 1. The second-order valence-corrected chi connectivity index (χ2v) is 19.9. The predicted molar refractivity (Wildman–Crippen MR) is 264 cm³/mol. The SMILES string of the molecule is CC(Oc1cc(-c2nn(C)c3c(-c4cnn(C5CCN(Cc6ccc(CNc7cccc8c7C(=O)N(C7CCC(=O)NC7=O)C8=O)cc6)CC5)c4)cnc(N)c23)ccc1NS(=O)(=O)C(F)F)c1ccc(F)cc1. The van der Waals surface area contributed by atoms with Gasteiger partial charge in [0.25, 0.3) is 21.8 Å². The molecule has 2 fully saturated rings. The third-order valence-electron chi connectivity index (χ3n) is 13.5. The number of nitrogens with two attached hydrogens (primary N) is 1. The number of hydrogen-bond acceptors (Lipinski definition) is 13. The first-order valence-electron chi connectivity index (χ1n) is 23.4. The minimum atomic E-state index is -5.07. The van der Waals surface area contributed by atoms with E-state index in [1.165, 1.54) is 42.5 Å². The molecule has 22 heteroatoms. The van der Waals surface area contributed by atoms with Crippen LogP contribution in [0.4, 0.5) is 30.4 Å². The highest BCUT2D eigenvalue weighted by Crippen LogP contribution is 2.41. The Labute approximate surface area is 416 Å². The number of rotatable bonds is 15. The second kappa shape index (κ2) is 19.5. The fraction of sp³-hybridized carbons (Fsp3) is 0.275. The van der Waals surface area contributed by atoms with Crippen LogP contribution in [0.3, 0.4) is 0 Å². The van der Waals surface area contributed by atoms with E-state index in [1.807, 2.05) is 27.7 Å². The molecule has 6 heterocycles. The molecule has 18 nitrogen and oxygen atoms in total. The van der Waals surface area contributed by atoms with E-state index in [0.717, 1.165) is 54.1 Å². The van der Waals surface area contributed by atoms with Crippen molar-refractivity contribution < 1.29 is 45.5 Å². The summed E-state index contributed by atoms with van der Waals surface area (Å²) in [6.07, 6.45) is 6.49. The molecule has 7 aromatic rings. The van der Waals surface area contributed by atoms with Gasteiger partial charge in [-0.1, -0.05) is 48.5 Å². The number of nitrogens with zero attached hydrogens (tertiary/aromatic N) is 7. The van der Waals surface area contributed by atoms with E-state index in [-0.39, 0.29) is 47.3 Å². The Balaban J connectivity index is 0.791. The summed E-state index contributed by atoms with van der Waals surface area (Å²) in [5, 5.41) is 15.6. The summed E-state index contributed by atoms with van der Waals surface area (Å²) in [7, 11) is -3.32. The highest BCUT2D eigenvalue weighted by Gasteiger charge is 2.45. The topological polar surface area (TPSA) is 229 Å². The van der Waals surface area contributed by atoms with Crippen LogP contribution in [0.5, 0.6) is 5.75 Å². The van der Waals surface area contributed by atoms with Crippen molar-refractivity contribution in [1.29, 1.82) is 0 Å². The summed E-state index contributed by atoms with van der Waals surface area (Å²) in [6, 6.07) is 22.0. The molecule has 0 bridgehead atoms. The summed E-state index contributed by atoms with van der Waals surface area (Å²) in [6.45, 7) is 4.46. The van der Waals surface area contributed by atoms with Crippen molar-refractivity contribution in [3.63, 3.8) is 0 Å². The van der Waals surface area contributed by atoms with Crippen LogP contribution in [0.1, 0.15) is 82.2 Å². The van der Waals surface area contributed by atoms with E-state index in [0.29, 0.717) is 45.5 Å². The maximum Gasteiger partial charge on any atom is 0.355 e. The van der Waals surface area contributed by atoms with Crippen molar-refractivity contribution in [2.24, 2.45) is 7.05 Å². The smallest absolute Gasteiger partial charge is 0.355 e. The number of imide groups is 2. The molecular formula is C51H48F3N11O7S. The number of ether oxygens (including phenoxy) is 1. The highest BCUT2D eigenvalue weighted by atomic mass is 32.2. The number of aryl methyl sites for hydroxylation is 1. The number of nitrogens with one attached hydrogen (secondary N) is 3. The van der Waals surface area contributed by atoms with Gasteiger partial charge in [0.1, 0.15) is 35.2 Å². The van der Waals surface area contributed by atoms with Crippen LogP contribution < -0.4 is 25.8 Å². The monoisotopic (exact) mass is 1020 g/mol. The molecule has 3 aliphatic heterocycles. The number of piperidine rings is 2. The van der Waals surface area contributed by atoms with E-state index in [2.05, 4.69) is 32.7 Å². The zero-order chi connectivity index (χ0) is 51.3. The van der Waals surface area contributed by atoms with Gasteiger partial charge in [-0.25, -0.2) is 17.8 Å². The molecule has 10 rings (SSSR count). The van der Waals surface area contributed by atoms with Crippen LogP contribution >= 0.6 is 0 Å². The standard InChI is InChI=1S/C51H48F3N11O7S/c1-28(31-10-13-34(52)14-11-31)72-41-22-32(12-15-38(41)61-73(70,71)51(53)54)45-44-46(62(2)60-45)37(25-57-47(44)55)33-24-58-64(27-33)35-18-20-63(21-19-35)26-30-8-6-29(7-9-30)23-56-39-5-3-4-36-43(39)50(69)65(49(36)68)40-16-17-42(66)59-48(40)67/h3-15,22,24-25,27-28,35,40,51,56,61H,16-21,23,26H2,1-2H3,(H2,55,57)(H,59,66,67). The average Bonchev–Trinajstić information content (AvgIpc) is 4.07. The van der Waals surface area contributed by atoms with Crippen LogP contribution in [0.25, 0.3) is 33.3 Å². The molecule has 0 aliphatic carbocycles. The lowest BCUT2D eigenvalue weighted by Crippen LogP contribution is -2.54. The van der Waals surface area contributed by atoms with E-state index >= 15 is 0 Å². The average molecular weight is 1020 g/mol. The minimum absolute atomic E-state index is 0.0438. The van der Waals surface area contributed by atoms with Crippen molar-refractivity contribution in [2.75, 3.05) is 28.9 Å². The van der Waals surface area contributed by atoms with Gasteiger partial charge in [0.05, 0.1) is 40.0 Å². The van der Waals surface area contributed by atoms with E-state index in [9.17, 15) is 40.8 Å². The number of amides is 4. The predicted octanol–water partition coefficient (Wildman–Crippen LogP) is 7.17. The van der Waals surface area contributed by atoms with Crippen molar-refractivity contribution in [3.8, 4) is 28.1 Å². The number of anilines is 3. The molecular weight excluding hydrogens is 968 g/mol. The van der Waals surface area contributed by atoms with Crippen LogP contribution in [0, 0.1) is 5.82 Å². The Bertz CT molecular complexity index is 3430. The summed E-state index contributed by atoms with van der Waals surface area (Å²) in [5.74, 6) is -6.29. The Hall–Kier alpha value is -8.11. The van der Waals surface area contributed by atoms with Gasteiger partial charge in [0, 0.05) is 74.4 Å². The van der Waals surface area contributed by atoms with Crippen molar-refractivity contribution >= 4 is 61.7 Å². The van der Waals surface area contributed by atoms with Gasteiger partial charge in [-0.05, 0) is 79.3 Å². The lowest BCUT2D eigenvalue weighted by Gasteiger charge is -2.32. The van der Waals surface area contributed by atoms with Crippen LogP contribution in [-0.2, 0) is 39.7 Å². The number of fused-ring (bicyclic) bond motifs is 2. The molecule has 0 saturated carbocycles. The van der Waals surface area contributed by atoms with Gasteiger partial charge >= 0.3 is 5.76 Å². The molecule has 2 atom stereocenters. The Kier molecular flexibility index (Phi) is 12.9. The number of pyridine rings is 1. The molecule has 2 unspecified atom stereocenters. The lowest BCUT2D eigenvalue weighted by molar-refractivity contribution is -0.136. The molecule has 5 N–H and O–H groups in total. The number of alkyl halides is 2. The Morgan fingerprint density at radius 1 is 0.877 bits per heavy atom. The maximum absolute atomic E-state index is 13.7. The molecule has 4 aromatic carbocycles. The molecule has 73 heavy (non-hydrogen) atoms. The number of carbonyl (C=O) groups excluding carboxylic acids is 4. The zero-order valence-corrected chi connectivity index (χ0v) is 40.2. The summed E-state index contributed by atoms with van der Waals surface area (Å²) in [5.41, 5.74) is 12.8. The summed E-state index contributed by atoms with van der Waals surface area (Å²) >= 11 is 0. The van der Waals surface area contributed by atoms with Crippen LogP contribution in [-0.4, -0.2) is 91.3 Å². The first-order chi connectivity index (χ1) is 35.0. The molecule has 0 radical (unpaired) electrons. The van der Waals surface area contributed by atoms with Gasteiger partial charge in [0.15, 0.2) is 0 Å². The fourth-order valence-electron chi connectivity index (χ4n) is 9.69. The van der Waals surface area contributed by atoms with E-state index in [1.54, 1.807) is 49.2 Å². The molecule has 3 aromatic heterocycles. The van der Waals surface area contributed by atoms with Gasteiger partial charge in [-0.2, -0.15) is 19.0 Å². The number of hydrogen-bond donors (Lipinski definition) is 4. The van der Waals surface area contributed by atoms with E-state index < -0.39 is 57.4 Å². The Morgan fingerprint density at radius 2 is 1.62 bits per heavy atom. The van der Waals surface area contributed by atoms with Crippen molar-refractivity contribution in [2.45, 2.75) is 69.6 Å². The van der Waals surface area contributed by atoms with Gasteiger partial charge in [-0.15, -0.1) is 0 Å². The van der Waals surface area contributed by atoms with Crippen LogP contribution in [0.2, 0.25) is 0 Å². The number of benzene rings is 4. The molecule has 2 saturated heterocycles. The number of halogens is 3. The van der Waals surface area contributed by atoms with Gasteiger partial charge in [0.2, 0.25) is 11.8 Å². The largest absolute Gasteiger partial charge is 0.484 e. The lowest BCUT2D eigenvalue weighted by atomic mass is 10.0.